The molecule has 1 aliphatic carbocycles. The van der Waals surface area contributed by atoms with Crippen molar-refractivity contribution in [1.29, 1.82) is 0 Å². The summed E-state index contributed by atoms with van der Waals surface area (Å²) in [7, 11) is 0. The van der Waals surface area contributed by atoms with E-state index in [1.807, 2.05) is 41.8 Å². The number of benzene rings is 1. The number of carbonyl (C=O) groups excluding carboxylic acids is 1. The lowest BCUT2D eigenvalue weighted by Crippen LogP contribution is -2.40. The normalized spacial score (nSPS) is 17.1. The molecule has 0 aliphatic heterocycles. The molecule has 1 unspecified atom stereocenters. The van der Waals surface area contributed by atoms with Gasteiger partial charge in [0.25, 0.3) is 0 Å². The minimum absolute atomic E-state index is 0.00516. The lowest BCUT2D eigenvalue weighted by molar-refractivity contribution is -0.0268. The van der Waals surface area contributed by atoms with Gasteiger partial charge in [0.1, 0.15) is 5.69 Å². The maximum absolute atomic E-state index is 12.5. The zero-order valence-electron chi connectivity index (χ0n) is 12.5. The number of carbonyl (C=O) groups is 1. The molecule has 4 nitrogen and oxygen atoms in total. The quantitative estimate of drug-likeness (QED) is 0.642. The molecule has 0 N–H and O–H groups in total. The first kappa shape index (κ1) is 14.4. The topological polar surface area (TPSA) is 44.1 Å². The van der Waals surface area contributed by atoms with Crippen LogP contribution in [0.2, 0.25) is 0 Å². The Morgan fingerprint density at radius 1 is 1.41 bits per heavy atom. The minimum atomic E-state index is -0.720. The number of esters is 1. The lowest BCUT2D eigenvalue weighted by Gasteiger charge is -2.36. The average Bonchev–Trinajstić information content (AvgIpc) is 3.00. The van der Waals surface area contributed by atoms with E-state index in [9.17, 15) is 4.79 Å². The average molecular weight is 294 g/mol. The van der Waals surface area contributed by atoms with Crippen LogP contribution in [0.25, 0.3) is 0 Å². The standard InChI is InChI=1S/C18H18N2O2/c1-3-18(10-7-11-18)22-17(21)16-12-19-13-20(16)14(2)15-8-5-4-6-9-15/h1,4-6,8-9,12-14H,7,10-11H2,2H3. The van der Waals surface area contributed by atoms with Crippen LogP contribution in [0, 0.1) is 12.3 Å². The molecule has 1 aromatic heterocycles. The van der Waals surface area contributed by atoms with E-state index >= 15 is 0 Å². The molecule has 0 bridgehead atoms. The molecule has 0 amide bonds. The molecular weight excluding hydrogens is 276 g/mol. The van der Waals surface area contributed by atoms with Gasteiger partial charge in [0.05, 0.1) is 18.6 Å². The van der Waals surface area contributed by atoms with E-state index in [0.717, 1.165) is 24.8 Å². The Hall–Kier alpha value is -2.54. The maximum atomic E-state index is 12.5. The molecule has 1 atom stereocenters. The highest BCUT2D eigenvalue weighted by Gasteiger charge is 2.40. The van der Waals surface area contributed by atoms with Crippen LogP contribution in [-0.4, -0.2) is 21.1 Å². The molecule has 1 aliphatic rings. The molecular formula is C18H18N2O2. The van der Waals surface area contributed by atoms with Crippen molar-refractivity contribution in [2.75, 3.05) is 0 Å². The van der Waals surface area contributed by atoms with Gasteiger partial charge in [-0.3, -0.25) is 0 Å². The third-order valence-corrected chi connectivity index (χ3v) is 4.29. The Morgan fingerprint density at radius 3 is 2.73 bits per heavy atom. The molecule has 22 heavy (non-hydrogen) atoms. The molecule has 1 saturated carbocycles. The number of nitrogens with zero attached hydrogens (tertiary/aromatic N) is 2. The summed E-state index contributed by atoms with van der Waals surface area (Å²) in [5.74, 6) is 2.21. The molecule has 1 heterocycles. The second kappa shape index (κ2) is 5.69. The van der Waals surface area contributed by atoms with Gasteiger partial charge in [-0.25, -0.2) is 9.78 Å². The van der Waals surface area contributed by atoms with Gasteiger partial charge in [-0.1, -0.05) is 36.3 Å². The van der Waals surface area contributed by atoms with Gasteiger partial charge >= 0.3 is 5.97 Å². The van der Waals surface area contributed by atoms with Crippen molar-refractivity contribution in [2.24, 2.45) is 0 Å². The van der Waals surface area contributed by atoms with Gasteiger partial charge in [0, 0.05) is 0 Å². The molecule has 4 heteroatoms. The summed E-state index contributed by atoms with van der Waals surface area (Å²) in [6.07, 6.45) is 11.2. The highest BCUT2D eigenvalue weighted by atomic mass is 16.6. The SMILES string of the molecule is C#CC1(OC(=O)c2cncn2C(C)c2ccccc2)CCC1. The number of imidazole rings is 1. The van der Waals surface area contributed by atoms with Gasteiger partial charge in [-0.05, 0) is 31.7 Å². The Bertz CT molecular complexity index is 708. The second-order valence-electron chi connectivity index (χ2n) is 5.65. The molecule has 2 aromatic rings. The van der Waals surface area contributed by atoms with Crippen LogP contribution >= 0.6 is 0 Å². The lowest BCUT2D eigenvalue weighted by atomic mass is 9.81. The Kier molecular flexibility index (Phi) is 3.72. The first-order valence-electron chi connectivity index (χ1n) is 7.43. The Morgan fingerprint density at radius 2 is 2.14 bits per heavy atom. The molecule has 1 fully saturated rings. The van der Waals surface area contributed by atoms with Crippen LogP contribution < -0.4 is 0 Å². The van der Waals surface area contributed by atoms with Crippen LogP contribution in [0.15, 0.2) is 42.9 Å². The van der Waals surface area contributed by atoms with Crippen molar-refractivity contribution in [2.45, 2.75) is 37.8 Å². The van der Waals surface area contributed by atoms with Crippen molar-refractivity contribution in [3.05, 3.63) is 54.1 Å². The predicted octanol–water partition coefficient (Wildman–Crippen LogP) is 3.21. The fourth-order valence-electron chi connectivity index (χ4n) is 2.67. The van der Waals surface area contributed by atoms with Crippen molar-refractivity contribution in [3.8, 4) is 12.3 Å². The summed E-state index contributed by atoms with van der Waals surface area (Å²) in [4.78, 5) is 16.6. The summed E-state index contributed by atoms with van der Waals surface area (Å²) >= 11 is 0. The Labute approximate surface area is 130 Å². The van der Waals surface area contributed by atoms with Crippen LogP contribution in [0.4, 0.5) is 0 Å². The molecule has 112 valence electrons. The van der Waals surface area contributed by atoms with E-state index in [1.54, 1.807) is 6.33 Å². The highest BCUT2D eigenvalue weighted by Crippen LogP contribution is 2.35. The third-order valence-electron chi connectivity index (χ3n) is 4.29. The maximum Gasteiger partial charge on any atom is 0.358 e. The van der Waals surface area contributed by atoms with Gasteiger partial charge in [0.2, 0.25) is 0 Å². The van der Waals surface area contributed by atoms with E-state index in [-0.39, 0.29) is 6.04 Å². The number of hydrogen-bond donors (Lipinski definition) is 0. The van der Waals surface area contributed by atoms with Crippen molar-refractivity contribution in [3.63, 3.8) is 0 Å². The van der Waals surface area contributed by atoms with Crippen LogP contribution in [-0.2, 0) is 4.74 Å². The fourth-order valence-corrected chi connectivity index (χ4v) is 2.67. The van der Waals surface area contributed by atoms with E-state index in [2.05, 4.69) is 10.9 Å². The van der Waals surface area contributed by atoms with E-state index in [4.69, 9.17) is 11.2 Å². The van der Waals surface area contributed by atoms with Crippen molar-refractivity contribution < 1.29 is 9.53 Å². The summed E-state index contributed by atoms with van der Waals surface area (Å²) < 4.78 is 7.38. The van der Waals surface area contributed by atoms with Crippen molar-refractivity contribution >= 4 is 5.97 Å². The van der Waals surface area contributed by atoms with E-state index in [1.165, 1.54) is 6.20 Å². The summed E-state index contributed by atoms with van der Waals surface area (Å²) in [5, 5.41) is 0. The van der Waals surface area contributed by atoms with Gasteiger partial charge < -0.3 is 9.30 Å². The summed E-state index contributed by atoms with van der Waals surface area (Å²) in [6.45, 7) is 2.02. The Balaban J connectivity index is 1.83. The van der Waals surface area contributed by atoms with Gasteiger partial charge in [-0.2, -0.15) is 0 Å². The number of aromatic nitrogens is 2. The zero-order chi connectivity index (χ0) is 15.6. The summed E-state index contributed by atoms with van der Waals surface area (Å²) in [6, 6.07) is 9.95. The smallest absolute Gasteiger partial charge is 0.358 e. The zero-order valence-corrected chi connectivity index (χ0v) is 12.5. The molecule has 1 aromatic carbocycles. The molecule has 0 spiro atoms. The number of terminal acetylenes is 1. The largest absolute Gasteiger partial charge is 0.441 e. The van der Waals surface area contributed by atoms with Gasteiger partial charge in [0.15, 0.2) is 5.60 Å². The van der Waals surface area contributed by atoms with Crippen LogP contribution in [0.5, 0.6) is 0 Å². The van der Waals surface area contributed by atoms with E-state index < -0.39 is 11.6 Å². The number of rotatable bonds is 4. The predicted molar refractivity (Wildman–Crippen MR) is 83.3 cm³/mol. The van der Waals surface area contributed by atoms with Gasteiger partial charge in [-0.15, -0.1) is 6.42 Å². The third kappa shape index (κ3) is 2.50. The number of ether oxygens (including phenoxy) is 1. The molecule has 0 radical (unpaired) electrons. The number of hydrogen-bond acceptors (Lipinski definition) is 3. The minimum Gasteiger partial charge on any atom is -0.441 e. The highest BCUT2D eigenvalue weighted by molar-refractivity contribution is 5.88. The molecule has 3 rings (SSSR count). The van der Waals surface area contributed by atoms with Crippen LogP contribution in [0.1, 0.15) is 48.3 Å². The van der Waals surface area contributed by atoms with Crippen molar-refractivity contribution in [1.82, 2.24) is 9.55 Å². The first-order chi connectivity index (χ1) is 10.7. The van der Waals surface area contributed by atoms with Crippen LogP contribution in [0.3, 0.4) is 0 Å². The van der Waals surface area contributed by atoms with E-state index in [0.29, 0.717) is 5.69 Å². The fraction of sp³-hybridized carbons (Fsp3) is 0.333. The second-order valence-corrected chi connectivity index (χ2v) is 5.65. The first-order valence-corrected chi connectivity index (χ1v) is 7.43. The summed E-state index contributed by atoms with van der Waals surface area (Å²) in [5.41, 5.74) is 0.810. The molecule has 0 saturated heterocycles. The monoisotopic (exact) mass is 294 g/mol.